The summed E-state index contributed by atoms with van der Waals surface area (Å²) in [4.78, 5) is 24.1. The van der Waals surface area contributed by atoms with Gasteiger partial charge in [-0.05, 0) is 45.1 Å². The average Bonchev–Trinajstić information content (AvgIpc) is 3.07. The Kier molecular flexibility index (Phi) is 9.67. The van der Waals surface area contributed by atoms with Crippen LogP contribution in [0.3, 0.4) is 0 Å². The molecule has 0 saturated carbocycles. The molecule has 0 bridgehead atoms. The maximum Gasteiger partial charge on any atom is 0.510 e. The fraction of sp³-hybridized carbons (Fsp3) is 0.500. The Labute approximate surface area is 186 Å². The normalized spacial score (nSPS) is 13.2. The summed E-state index contributed by atoms with van der Waals surface area (Å²) in [7, 11) is 0.853. The molecular formula is C20H29N2O9P. The van der Waals surface area contributed by atoms with Crippen molar-refractivity contribution in [2.45, 2.75) is 27.0 Å². The predicted molar refractivity (Wildman–Crippen MR) is 115 cm³/mol. The third-order valence-corrected chi connectivity index (χ3v) is 5.60. The number of nitrogens with zero attached hydrogens (tertiary/aromatic N) is 2. The second-order valence-electron chi connectivity index (χ2n) is 7.13. The number of phosphoric ester groups is 1. The standard InChI is InChI=1S/C20H29N2O9P/c1-15-6-7-19-18(10-15)17(8-9-21(3)4)11-22(19)12-29-32(25,30-13-27-16(2)23)31-14-28-20(24)26-5/h6-7,10-11H,8-9,12-14H2,1-5H3. The smallest absolute Gasteiger partial charge is 0.438 e. The van der Waals surface area contributed by atoms with E-state index in [1.165, 1.54) is 6.92 Å². The van der Waals surface area contributed by atoms with Gasteiger partial charge in [0.2, 0.25) is 13.6 Å². The Morgan fingerprint density at radius 3 is 2.41 bits per heavy atom. The second kappa shape index (κ2) is 12.0. The highest BCUT2D eigenvalue weighted by Crippen LogP contribution is 2.50. The van der Waals surface area contributed by atoms with Gasteiger partial charge in [0.15, 0.2) is 0 Å². The van der Waals surface area contributed by atoms with Gasteiger partial charge >= 0.3 is 19.9 Å². The Balaban J connectivity index is 2.18. The first-order valence-corrected chi connectivity index (χ1v) is 11.2. The Morgan fingerprint density at radius 1 is 1.09 bits per heavy atom. The molecule has 12 heteroatoms. The highest BCUT2D eigenvalue weighted by Gasteiger charge is 2.29. The number of hydrogen-bond acceptors (Lipinski definition) is 10. The molecule has 0 aliphatic carbocycles. The van der Waals surface area contributed by atoms with Gasteiger partial charge in [0.25, 0.3) is 0 Å². The maximum absolute atomic E-state index is 12.9. The summed E-state index contributed by atoms with van der Waals surface area (Å²) in [5.41, 5.74) is 3.09. The summed E-state index contributed by atoms with van der Waals surface area (Å²) in [5.74, 6) is -0.639. The number of carbonyl (C=O) groups is 2. The monoisotopic (exact) mass is 472 g/mol. The molecule has 32 heavy (non-hydrogen) atoms. The molecule has 0 fully saturated rings. The van der Waals surface area contributed by atoms with Gasteiger partial charge in [0.1, 0.15) is 6.73 Å². The Hall–Kier alpha value is -2.43. The second-order valence-corrected chi connectivity index (χ2v) is 8.80. The molecule has 0 saturated heterocycles. The summed E-state index contributed by atoms with van der Waals surface area (Å²) in [6, 6.07) is 5.99. The predicted octanol–water partition coefficient (Wildman–Crippen LogP) is 3.43. The number of methoxy groups -OCH3 is 1. The number of phosphoric acid groups is 1. The molecule has 1 unspecified atom stereocenters. The number of carbonyl (C=O) groups excluding carboxylic acids is 2. The highest BCUT2D eigenvalue weighted by molar-refractivity contribution is 7.48. The molecule has 1 heterocycles. The molecular weight excluding hydrogens is 443 g/mol. The summed E-state index contributed by atoms with van der Waals surface area (Å²) in [6.07, 6.45) is 1.69. The molecule has 1 aromatic heterocycles. The third-order valence-electron chi connectivity index (χ3n) is 4.33. The van der Waals surface area contributed by atoms with Gasteiger partial charge in [-0.3, -0.25) is 9.32 Å². The first-order valence-electron chi connectivity index (χ1n) is 9.74. The number of likely N-dealkylation sites (N-methyl/N-ethyl adjacent to an activating group) is 1. The van der Waals surface area contributed by atoms with Gasteiger partial charge in [0.05, 0.1) is 12.6 Å². The zero-order chi connectivity index (χ0) is 23.7. The summed E-state index contributed by atoms with van der Waals surface area (Å²) < 4.78 is 43.7. The van der Waals surface area contributed by atoms with E-state index in [-0.39, 0.29) is 6.73 Å². The maximum atomic E-state index is 12.9. The van der Waals surface area contributed by atoms with E-state index in [1.807, 2.05) is 39.3 Å². The Morgan fingerprint density at radius 2 is 1.78 bits per heavy atom. The molecule has 1 aromatic carbocycles. The molecule has 0 N–H and O–H groups in total. The molecule has 0 aliphatic rings. The third kappa shape index (κ3) is 7.92. The highest BCUT2D eigenvalue weighted by atomic mass is 31.2. The van der Waals surface area contributed by atoms with Gasteiger partial charge in [0, 0.05) is 25.1 Å². The molecule has 0 aliphatic heterocycles. The van der Waals surface area contributed by atoms with E-state index in [0.717, 1.165) is 42.1 Å². The SMILES string of the molecule is COC(=O)OCOP(=O)(OCOC(C)=O)OCn1cc(CCN(C)C)c2cc(C)ccc21. The lowest BCUT2D eigenvalue weighted by molar-refractivity contribution is -0.148. The van der Waals surface area contributed by atoms with Crippen molar-refractivity contribution in [3.05, 3.63) is 35.5 Å². The van der Waals surface area contributed by atoms with E-state index in [1.54, 1.807) is 4.57 Å². The van der Waals surface area contributed by atoms with Crippen LogP contribution in [0.1, 0.15) is 18.1 Å². The topological polar surface area (TPSA) is 115 Å². The van der Waals surface area contributed by atoms with Crippen molar-refractivity contribution in [1.29, 1.82) is 0 Å². The van der Waals surface area contributed by atoms with Crippen LogP contribution >= 0.6 is 7.82 Å². The van der Waals surface area contributed by atoms with Gasteiger partial charge in [-0.2, -0.15) is 0 Å². The fourth-order valence-corrected chi connectivity index (χ4v) is 3.60. The minimum atomic E-state index is -4.26. The van der Waals surface area contributed by atoms with E-state index in [0.29, 0.717) is 0 Å². The van der Waals surface area contributed by atoms with Crippen LogP contribution in [-0.2, 0) is 50.3 Å². The van der Waals surface area contributed by atoms with Crippen LogP contribution in [0.2, 0.25) is 0 Å². The molecule has 0 spiro atoms. The molecule has 2 aromatic rings. The van der Waals surface area contributed by atoms with Crippen LogP contribution in [0.25, 0.3) is 10.9 Å². The van der Waals surface area contributed by atoms with Crippen LogP contribution < -0.4 is 0 Å². The molecule has 1 atom stereocenters. The fourth-order valence-electron chi connectivity index (χ4n) is 2.75. The van der Waals surface area contributed by atoms with Crippen molar-refractivity contribution >= 4 is 30.9 Å². The van der Waals surface area contributed by atoms with E-state index < -0.39 is 33.5 Å². The van der Waals surface area contributed by atoms with Crippen LogP contribution in [-0.4, -0.2) is 62.9 Å². The number of ether oxygens (including phenoxy) is 3. The molecule has 178 valence electrons. The number of benzene rings is 1. The van der Waals surface area contributed by atoms with Crippen LogP contribution in [0.15, 0.2) is 24.4 Å². The van der Waals surface area contributed by atoms with E-state index in [2.05, 4.69) is 25.2 Å². The molecule has 0 radical (unpaired) electrons. The van der Waals surface area contributed by atoms with E-state index >= 15 is 0 Å². The number of esters is 1. The number of aromatic nitrogens is 1. The van der Waals surface area contributed by atoms with Crippen molar-refractivity contribution in [1.82, 2.24) is 9.47 Å². The lowest BCUT2D eigenvalue weighted by atomic mass is 10.1. The number of rotatable bonds is 12. The molecule has 2 rings (SSSR count). The van der Waals surface area contributed by atoms with Gasteiger partial charge in [-0.25, -0.2) is 18.4 Å². The average molecular weight is 472 g/mol. The zero-order valence-electron chi connectivity index (χ0n) is 18.9. The molecule has 11 nitrogen and oxygen atoms in total. The van der Waals surface area contributed by atoms with Gasteiger partial charge < -0.3 is 23.7 Å². The van der Waals surface area contributed by atoms with E-state index in [9.17, 15) is 14.2 Å². The van der Waals surface area contributed by atoms with Crippen molar-refractivity contribution in [3.8, 4) is 0 Å². The largest absolute Gasteiger partial charge is 0.510 e. The number of aryl methyl sites for hydroxylation is 1. The summed E-state index contributed by atoms with van der Waals surface area (Å²) in [5, 5.41) is 1.06. The number of fused-ring (bicyclic) bond motifs is 1. The van der Waals surface area contributed by atoms with Crippen LogP contribution in [0.5, 0.6) is 0 Å². The van der Waals surface area contributed by atoms with Crippen molar-refractivity contribution in [2.75, 3.05) is 41.3 Å². The summed E-state index contributed by atoms with van der Waals surface area (Å²) >= 11 is 0. The summed E-state index contributed by atoms with van der Waals surface area (Å²) in [6.45, 7) is 2.44. The van der Waals surface area contributed by atoms with Crippen molar-refractivity contribution in [3.63, 3.8) is 0 Å². The molecule has 0 amide bonds. The van der Waals surface area contributed by atoms with Crippen LogP contribution in [0, 0.1) is 6.92 Å². The van der Waals surface area contributed by atoms with Gasteiger partial charge in [-0.1, -0.05) is 11.6 Å². The number of hydrogen-bond donors (Lipinski definition) is 0. The van der Waals surface area contributed by atoms with Crippen molar-refractivity contribution < 1.29 is 41.9 Å². The quantitative estimate of drug-likeness (QED) is 0.258. The zero-order valence-corrected chi connectivity index (χ0v) is 19.8. The van der Waals surface area contributed by atoms with Crippen molar-refractivity contribution in [2.24, 2.45) is 0 Å². The van der Waals surface area contributed by atoms with Gasteiger partial charge in [-0.15, -0.1) is 0 Å². The first-order chi connectivity index (χ1) is 15.1. The van der Waals surface area contributed by atoms with E-state index in [4.69, 9.17) is 13.6 Å². The first kappa shape index (κ1) is 25.8. The van der Waals surface area contributed by atoms with Crippen LogP contribution in [0.4, 0.5) is 4.79 Å². The minimum absolute atomic E-state index is 0.183. The Bertz CT molecular complexity index is 973. The lowest BCUT2D eigenvalue weighted by Crippen LogP contribution is -2.15. The lowest BCUT2D eigenvalue weighted by Gasteiger charge is -2.18. The minimum Gasteiger partial charge on any atom is -0.438 e.